The molecule has 6 heteroatoms. The molecule has 126 valence electrons. The fraction of sp³-hybridized carbons (Fsp3) is 0.158. The minimum atomic E-state index is -0.243. The molecule has 0 unspecified atom stereocenters. The minimum Gasteiger partial charge on any atom is -0.320 e. The van der Waals surface area contributed by atoms with Crippen molar-refractivity contribution in [2.75, 3.05) is 18.4 Å². The maximum absolute atomic E-state index is 13.0. The van der Waals surface area contributed by atoms with Crippen molar-refractivity contribution in [3.05, 3.63) is 66.0 Å². The van der Waals surface area contributed by atoms with Gasteiger partial charge in [-0.1, -0.05) is 30.3 Å². The van der Waals surface area contributed by atoms with Gasteiger partial charge in [0, 0.05) is 18.5 Å². The molecule has 1 aromatic heterocycles. The number of nitrogens with zero attached hydrogens (tertiary/aromatic N) is 2. The summed E-state index contributed by atoms with van der Waals surface area (Å²) in [6.45, 7) is 1.12. The van der Waals surface area contributed by atoms with Crippen molar-refractivity contribution in [2.24, 2.45) is 0 Å². The van der Waals surface area contributed by atoms with Gasteiger partial charge in [0.05, 0.1) is 5.52 Å². The topological polar surface area (TPSA) is 61.0 Å². The lowest BCUT2D eigenvalue weighted by atomic mass is 10.00. The minimum absolute atomic E-state index is 0.174. The van der Waals surface area contributed by atoms with Crippen molar-refractivity contribution in [2.45, 2.75) is 6.42 Å². The zero-order chi connectivity index (χ0) is 17.2. The van der Waals surface area contributed by atoms with Gasteiger partial charge in [0.2, 0.25) is 0 Å². The maximum atomic E-state index is 13.0. The molecule has 2 heterocycles. The first-order valence-electron chi connectivity index (χ1n) is 8.15. The van der Waals surface area contributed by atoms with Crippen LogP contribution in [0.1, 0.15) is 12.0 Å². The van der Waals surface area contributed by atoms with E-state index in [-0.39, 0.29) is 11.8 Å². The highest BCUT2D eigenvalue weighted by molar-refractivity contribution is 5.99. The second-order valence-corrected chi connectivity index (χ2v) is 5.98. The summed E-state index contributed by atoms with van der Waals surface area (Å²) in [5.74, 6) is 0.293. The third-order valence-electron chi connectivity index (χ3n) is 4.41. The van der Waals surface area contributed by atoms with Crippen molar-refractivity contribution >= 4 is 28.3 Å². The average Bonchev–Trinajstić information content (AvgIpc) is 3.06. The second-order valence-electron chi connectivity index (χ2n) is 5.98. The molecule has 0 spiro atoms. The average molecular weight is 336 g/mol. The van der Waals surface area contributed by atoms with E-state index in [9.17, 15) is 9.18 Å². The number of rotatable bonds is 2. The molecule has 0 radical (unpaired) electrons. The van der Waals surface area contributed by atoms with Crippen LogP contribution in [-0.2, 0) is 0 Å². The Morgan fingerprint density at radius 2 is 1.96 bits per heavy atom. The summed E-state index contributed by atoms with van der Waals surface area (Å²) in [6, 6.07) is 13.9. The van der Waals surface area contributed by atoms with Gasteiger partial charge < -0.3 is 4.90 Å². The number of hydrogen-bond donors (Lipinski definition) is 2. The van der Waals surface area contributed by atoms with Crippen LogP contribution in [0.3, 0.4) is 0 Å². The molecule has 0 aliphatic carbocycles. The number of H-pyrrole nitrogens is 1. The first-order valence-corrected chi connectivity index (χ1v) is 8.15. The summed E-state index contributed by atoms with van der Waals surface area (Å²) in [6.07, 6.45) is 2.75. The lowest BCUT2D eigenvalue weighted by molar-refractivity contribution is 0.217. The molecule has 4 rings (SSSR count). The van der Waals surface area contributed by atoms with E-state index < -0.39 is 0 Å². The molecule has 2 N–H and O–H groups in total. The molecule has 1 aliphatic rings. The third kappa shape index (κ3) is 3.10. The van der Waals surface area contributed by atoms with Crippen molar-refractivity contribution in [1.29, 1.82) is 0 Å². The van der Waals surface area contributed by atoms with Crippen LogP contribution in [0.2, 0.25) is 0 Å². The first-order chi connectivity index (χ1) is 12.2. The van der Waals surface area contributed by atoms with E-state index in [1.54, 1.807) is 17.0 Å². The number of benzene rings is 2. The van der Waals surface area contributed by atoms with E-state index in [1.165, 1.54) is 12.1 Å². The molecule has 0 bridgehead atoms. The number of carbonyl (C=O) groups is 1. The summed E-state index contributed by atoms with van der Waals surface area (Å²) in [5, 5.41) is 10.8. The quantitative estimate of drug-likeness (QED) is 0.742. The van der Waals surface area contributed by atoms with E-state index >= 15 is 0 Å². The first kappa shape index (κ1) is 15.4. The van der Waals surface area contributed by atoms with Gasteiger partial charge >= 0.3 is 6.03 Å². The van der Waals surface area contributed by atoms with Crippen LogP contribution in [0.15, 0.2) is 54.6 Å². The number of hydrogen-bond acceptors (Lipinski definition) is 2. The number of halogens is 1. The van der Waals surface area contributed by atoms with E-state index in [0.29, 0.717) is 18.9 Å². The fourth-order valence-corrected chi connectivity index (χ4v) is 3.02. The van der Waals surface area contributed by atoms with Crippen molar-refractivity contribution in [1.82, 2.24) is 15.1 Å². The standard InChI is InChI=1S/C19H17FN4O/c20-15-7-5-13(6-8-15)14-9-11-24(12-10-14)19(25)21-18-16-3-1-2-4-17(16)22-23-18/h1-9H,10-12H2,(H2,21,22,23,25). The molecule has 1 aliphatic heterocycles. The Hall–Kier alpha value is -3.15. The van der Waals surface area contributed by atoms with E-state index in [1.807, 2.05) is 30.3 Å². The lowest BCUT2D eigenvalue weighted by Gasteiger charge is -2.26. The van der Waals surface area contributed by atoms with Gasteiger partial charge in [0.1, 0.15) is 5.82 Å². The Bertz CT molecular complexity index is 945. The highest BCUT2D eigenvalue weighted by Crippen LogP contribution is 2.24. The van der Waals surface area contributed by atoms with Gasteiger partial charge in [-0.2, -0.15) is 5.10 Å². The molecule has 5 nitrogen and oxygen atoms in total. The lowest BCUT2D eigenvalue weighted by Crippen LogP contribution is -2.38. The van der Waals surface area contributed by atoms with Crippen molar-refractivity contribution in [3.63, 3.8) is 0 Å². The Labute approximate surface area is 144 Å². The monoisotopic (exact) mass is 336 g/mol. The fourth-order valence-electron chi connectivity index (χ4n) is 3.02. The zero-order valence-corrected chi connectivity index (χ0v) is 13.5. The molecule has 0 saturated carbocycles. The van der Waals surface area contributed by atoms with Crippen LogP contribution in [0.4, 0.5) is 15.0 Å². The smallest absolute Gasteiger partial charge is 0.320 e. The van der Waals surface area contributed by atoms with Crippen LogP contribution < -0.4 is 5.32 Å². The molecule has 25 heavy (non-hydrogen) atoms. The largest absolute Gasteiger partial charge is 0.323 e. The third-order valence-corrected chi connectivity index (χ3v) is 4.41. The van der Waals surface area contributed by atoms with Crippen LogP contribution in [0.25, 0.3) is 16.5 Å². The van der Waals surface area contributed by atoms with Gasteiger partial charge in [0.25, 0.3) is 0 Å². The number of amides is 2. The number of aromatic nitrogens is 2. The summed E-state index contributed by atoms with van der Waals surface area (Å²) in [4.78, 5) is 14.2. The molecule has 2 aromatic carbocycles. The van der Waals surface area contributed by atoms with Gasteiger partial charge in [-0.15, -0.1) is 0 Å². The maximum Gasteiger partial charge on any atom is 0.323 e. The SMILES string of the molecule is O=C(Nc1n[nH]c2ccccc12)N1CC=C(c2ccc(F)cc2)CC1. The van der Waals surface area contributed by atoms with Crippen LogP contribution >= 0.6 is 0 Å². The zero-order valence-electron chi connectivity index (χ0n) is 13.5. The summed E-state index contributed by atoms with van der Waals surface area (Å²) < 4.78 is 13.0. The van der Waals surface area contributed by atoms with Gasteiger partial charge in [0.15, 0.2) is 5.82 Å². The van der Waals surface area contributed by atoms with Crippen molar-refractivity contribution in [3.8, 4) is 0 Å². The predicted octanol–water partition coefficient (Wildman–Crippen LogP) is 4.02. The number of nitrogens with one attached hydrogen (secondary N) is 2. The van der Waals surface area contributed by atoms with Crippen LogP contribution in [0.5, 0.6) is 0 Å². The van der Waals surface area contributed by atoms with Gasteiger partial charge in [-0.3, -0.25) is 10.4 Å². The highest BCUT2D eigenvalue weighted by Gasteiger charge is 2.19. The molecular weight excluding hydrogens is 319 g/mol. The van der Waals surface area contributed by atoms with E-state index in [2.05, 4.69) is 15.5 Å². The highest BCUT2D eigenvalue weighted by atomic mass is 19.1. The Morgan fingerprint density at radius 3 is 2.72 bits per heavy atom. The number of fused-ring (bicyclic) bond motifs is 1. The van der Waals surface area contributed by atoms with Gasteiger partial charge in [-0.25, -0.2) is 9.18 Å². The number of para-hydroxylation sites is 1. The van der Waals surface area contributed by atoms with Crippen LogP contribution in [-0.4, -0.2) is 34.2 Å². The number of urea groups is 1. The molecule has 0 fully saturated rings. The molecule has 2 amide bonds. The normalized spacial score (nSPS) is 14.4. The Balaban J connectivity index is 1.45. The molecule has 0 saturated heterocycles. The molecule has 3 aromatic rings. The van der Waals surface area contributed by atoms with Gasteiger partial charge in [-0.05, 0) is 41.8 Å². The summed E-state index contributed by atoms with van der Waals surface area (Å²) in [5.41, 5.74) is 3.02. The summed E-state index contributed by atoms with van der Waals surface area (Å²) >= 11 is 0. The number of anilines is 1. The van der Waals surface area contributed by atoms with E-state index in [0.717, 1.165) is 28.5 Å². The Morgan fingerprint density at radius 1 is 1.16 bits per heavy atom. The predicted molar refractivity (Wildman–Crippen MR) is 95.7 cm³/mol. The van der Waals surface area contributed by atoms with E-state index in [4.69, 9.17) is 0 Å². The molecule has 0 atom stereocenters. The number of carbonyl (C=O) groups excluding carboxylic acids is 1. The number of aromatic amines is 1. The Kier molecular flexibility index (Phi) is 3.93. The second kappa shape index (κ2) is 6.39. The molecular formula is C19H17FN4O. The summed E-state index contributed by atoms with van der Waals surface area (Å²) in [7, 11) is 0. The van der Waals surface area contributed by atoms with Crippen molar-refractivity contribution < 1.29 is 9.18 Å². The van der Waals surface area contributed by atoms with Crippen LogP contribution in [0, 0.1) is 5.82 Å².